The third-order valence-corrected chi connectivity index (χ3v) is 2.77. The Morgan fingerprint density at radius 3 is 2.70 bits per heavy atom. The van der Waals surface area contributed by atoms with Crippen molar-refractivity contribution in [3.05, 3.63) is 46.8 Å². The van der Waals surface area contributed by atoms with Crippen molar-refractivity contribution < 1.29 is 4.79 Å². The summed E-state index contributed by atoms with van der Waals surface area (Å²) in [5, 5.41) is 19.3. The molecule has 0 aliphatic carbocycles. The molecule has 0 aliphatic heterocycles. The van der Waals surface area contributed by atoms with Gasteiger partial charge in [-0.25, -0.2) is 0 Å². The molecule has 0 atom stereocenters. The Labute approximate surface area is 116 Å². The van der Waals surface area contributed by atoms with E-state index in [2.05, 4.69) is 15.5 Å². The van der Waals surface area contributed by atoms with Gasteiger partial charge >= 0.3 is 0 Å². The molecule has 100 valence electrons. The van der Waals surface area contributed by atoms with E-state index in [1.54, 1.807) is 32.0 Å². The smallest absolute Gasteiger partial charge is 0.257 e. The first-order valence-electron chi connectivity index (χ1n) is 5.93. The number of anilines is 2. The SMILES string of the molecule is Cc1cc(C(=O)Nc2ccc(C#N)cc2N)c(C)nn1. The Hall–Kier alpha value is -2.94. The molecule has 1 heterocycles. The van der Waals surface area contributed by atoms with Crippen LogP contribution in [0.25, 0.3) is 0 Å². The molecule has 3 N–H and O–H groups in total. The molecular weight excluding hydrogens is 254 g/mol. The largest absolute Gasteiger partial charge is 0.397 e. The summed E-state index contributed by atoms with van der Waals surface area (Å²) in [5.41, 5.74) is 8.69. The fraction of sp³-hybridized carbons (Fsp3) is 0.143. The van der Waals surface area contributed by atoms with Crippen molar-refractivity contribution in [1.82, 2.24) is 10.2 Å². The van der Waals surface area contributed by atoms with Crippen LogP contribution in [0.2, 0.25) is 0 Å². The highest BCUT2D eigenvalue weighted by atomic mass is 16.1. The number of benzene rings is 1. The minimum atomic E-state index is -0.308. The molecule has 2 rings (SSSR count). The Morgan fingerprint density at radius 1 is 1.30 bits per heavy atom. The number of nitrogens with one attached hydrogen (secondary N) is 1. The van der Waals surface area contributed by atoms with Gasteiger partial charge in [0.2, 0.25) is 0 Å². The number of nitrogens with zero attached hydrogens (tertiary/aromatic N) is 3. The quantitative estimate of drug-likeness (QED) is 0.807. The second-order valence-corrected chi connectivity index (χ2v) is 4.35. The molecule has 0 unspecified atom stereocenters. The molecule has 20 heavy (non-hydrogen) atoms. The maximum Gasteiger partial charge on any atom is 0.257 e. The van der Waals surface area contributed by atoms with Crippen molar-refractivity contribution in [2.24, 2.45) is 0 Å². The third kappa shape index (κ3) is 2.72. The fourth-order valence-electron chi connectivity index (χ4n) is 1.72. The van der Waals surface area contributed by atoms with Gasteiger partial charge in [-0.1, -0.05) is 0 Å². The van der Waals surface area contributed by atoms with Crippen LogP contribution in [0.3, 0.4) is 0 Å². The van der Waals surface area contributed by atoms with Gasteiger partial charge in [0.25, 0.3) is 5.91 Å². The first kappa shape index (κ1) is 13.5. The van der Waals surface area contributed by atoms with Gasteiger partial charge in [0.05, 0.1) is 40.0 Å². The number of rotatable bonds is 2. The topological polar surface area (TPSA) is 105 Å². The van der Waals surface area contributed by atoms with Crippen LogP contribution in [0.5, 0.6) is 0 Å². The Balaban J connectivity index is 2.28. The van der Waals surface area contributed by atoms with Gasteiger partial charge < -0.3 is 11.1 Å². The second-order valence-electron chi connectivity index (χ2n) is 4.35. The average molecular weight is 267 g/mol. The number of aromatic nitrogens is 2. The Morgan fingerprint density at radius 2 is 2.05 bits per heavy atom. The number of nitriles is 1. The highest BCUT2D eigenvalue weighted by Gasteiger charge is 2.12. The summed E-state index contributed by atoms with van der Waals surface area (Å²) in [4.78, 5) is 12.2. The monoisotopic (exact) mass is 267 g/mol. The van der Waals surface area contributed by atoms with E-state index >= 15 is 0 Å². The van der Waals surface area contributed by atoms with Gasteiger partial charge in [-0.3, -0.25) is 4.79 Å². The fourth-order valence-corrected chi connectivity index (χ4v) is 1.72. The van der Waals surface area contributed by atoms with E-state index in [0.717, 1.165) is 0 Å². The highest BCUT2D eigenvalue weighted by Crippen LogP contribution is 2.20. The average Bonchev–Trinajstić information content (AvgIpc) is 2.43. The molecule has 0 fully saturated rings. The first-order valence-corrected chi connectivity index (χ1v) is 5.93. The normalized spacial score (nSPS) is 9.85. The number of carbonyl (C=O) groups is 1. The van der Waals surface area contributed by atoms with Crippen LogP contribution in [0.15, 0.2) is 24.3 Å². The van der Waals surface area contributed by atoms with Crippen LogP contribution in [0, 0.1) is 25.2 Å². The van der Waals surface area contributed by atoms with E-state index in [-0.39, 0.29) is 5.91 Å². The summed E-state index contributed by atoms with van der Waals surface area (Å²) >= 11 is 0. The van der Waals surface area contributed by atoms with Gasteiger partial charge in [0.15, 0.2) is 0 Å². The lowest BCUT2D eigenvalue weighted by Crippen LogP contribution is -2.16. The number of nitrogens with two attached hydrogens (primary N) is 1. The molecule has 0 saturated heterocycles. The zero-order chi connectivity index (χ0) is 14.7. The number of hydrogen-bond acceptors (Lipinski definition) is 5. The van der Waals surface area contributed by atoms with E-state index in [9.17, 15) is 4.79 Å². The van der Waals surface area contributed by atoms with Crippen molar-refractivity contribution in [1.29, 1.82) is 5.26 Å². The molecule has 0 radical (unpaired) electrons. The lowest BCUT2D eigenvalue weighted by atomic mass is 10.1. The summed E-state index contributed by atoms with van der Waals surface area (Å²) < 4.78 is 0. The van der Waals surface area contributed by atoms with Gasteiger partial charge in [-0.2, -0.15) is 15.5 Å². The zero-order valence-corrected chi connectivity index (χ0v) is 11.1. The summed E-state index contributed by atoms with van der Waals surface area (Å²) in [6, 6.07) is 8.35. The van der Waals surface area contributed by atoms with Gasteiger partial charge in [0, 0.05) is 0 Å². The second kappa shape index (κ2) is 5.36. The molecule has 0 saturated carbocycles. The maximum absolute atomic E-state index is 12.2. The van der Waals surface area contributed by atoms with Crippen LogP contribution in [-0.4, -0.2) is 16.1 Å². The molecule has 2 aromatic rings. The van der Waals surface area contributed by atoms with Gasteiger partial charge in [-0.05, 0) is 38.1 Å². The van der Waals surface area contributed by atoms with Crippen LogP contribution < -0.4 is 11.1 Å². The van der Waals surface area contributed by atoms with Crippen LogP contribution >= 0.6 is 0 Å². The number of hydrogen-bond donors (Lipinski definition) is 2. The standard InChI is InChI=1S/C14H13N5O/c1-8-5-11(9(2)19-18-8)14(20)17-13-4-3-10(7-15)6-12(13)16/h3-6H,16H2,1-2H3,(H,17,20). The highest BCUT2D eigenvalue weighted by molar-refractivity contribution is 6.06. The van der Waals surface area contributed by atoms with Crippen LogP contribution in [-0.2, 0) is 0 Å². The lowest BCUT2D eigenvalue weighted by Gasteiger charge is -2.09. The zero-order valence-electron chi connectivity index (χ0n) is 11.1. The molecular formula is C14H13N5O. The van der Waals surface area contributed by atoms with Crippen molar-refractivity contribution in [3.63, 3.8) is 0 Å². The van der Waals surface area contributed by atoms with Crippen molar-refractivity contribution in [2.75, 3.05) is 11.1 Å². The molecule has 0 aliphatic rings. The summed E-state index contributed by atoms with van der Waals surface area (Å²) in [5.74, 6) is -0.308. The Kier molecular flexibility index (Phi) is 3.62. The van der Waals surface area contributed by atoms with E-state index in [1.165, 1.54) is 6.07 Å². The maximum atomic E-state index is 12.2. The van der Waals surface area contributed by atoms with Crippen molar-refractivity contribution in [2.45, 2.75) is 13.8 Å². The molecule has 1 aromatic heterocycles. The Bertz CT molecular complexity index is 718. The van der Waals surface area contributed by atoms with Gasteiger partial charge in [0.1, 0.15) is 0 Å². The molecule has 6 heteroatoms. The van der Waals surface area contributed by atoms with Crippen LogP contribution in [0.4, 0.5) is 11.4 Å². The van der Waals surface area contributed by atoms with E-state index < -0.39 is 0 Å². The van der Waals surface area contributed by atoms with Crippen molar-refractivity contribution in [3.8, 4) is 6.07 Å². The number of aryl methyl sites for hydroxylation is 2. The molecule has 1 amide bonds. The van der Waals surface area contributed by atoms with E-state index in [1.807, 2.05) is 6.07 Å². The number of amides is 1. The summed E-state index contributed by atoms with van der Waals surface area (Å²) in [7, 11) is 0. The predicted octanol–water partition coefficient (Wildman–Crippen LogP) is 1.80. The summed E-state index contributed by atoms with van der Waals surface area (Å²) in [6.07, 6.45) is 0. The minimum Gasteiger partial charge on any atom is -0.397 e. The van der Waals surface area contributed by atoms with E-state index in [4.69, 9.17) is 11.0 Å². The van der Waals surface area contributed by atoms with E-state index in [0.29, 0.717) is 33.9 Å². The van der Waals surface area contributed by atoms with Gasteiger partial charge in [-0.15, -0.1) is 0 Å². The molecule has 6 nitrogen and oxygen atoms in total. The van der Waals surface area contributed by atoms with Crippen molar-refractivity contribution >= 4 is 17.3 Å². The lowest BCUT2D eigenvalue weighted by molar-refractivity contribution is 0.102. The number of nitrogen functional groups attached to an aromatic ring is 1. The number of carbonyl (C=O) groups excluding carboxylic acids is 1. The third-order valence-electron chi connectivity index (χ3n) is 2.77. The minimum absolute atomic E-state index is 0.308. The first-order chi connectivity index (χ1) is 9.51. The summed E-state index contributed by atoms with van der Waals surface area (Å²) in [6.45, 7) is 3.47. The van der Waals surface area contributed by atoms with Crippen LogP contribution in [0.1, 0.15) is 27.3 Å². The molecule has 0 spiro atoms. The predicted molar refractivity (Wildman–Crippen MR) is 75.0 cm³/mol. The molecule has 1 aromatic carbocycles. The molecule has 0 bridgehead atoms.